The van der Waals surface area contributed by atoms with Gasteiger partial charge in [0.25, 0.3) is 0 Å². The van der Waals surface area contributed by atoms with Gasteiger partial charge in [0, 0.05) is 19.0 Å². The van der Waals surface area contributed by atoms with Gasteiger partial charge in [-0.05, 0) is 58.9 Å². The van der Waals surface area contributed by atoms with Gasteiger partial charge in [-0.2, -0.15) is 10.1 Å². The lowest BCUT2D eigenvalue weighted by molar-refractivity contribution is 0.102. The molecule has 2 aliphatic rings. The van der Waals surface area contributed by atoms with Crippen LogP contribution in [0.2, 0.25) is 0 Å². The van der Waals surface area contributed by atoms with E-state index in [0.29, 0.717) is 11.8 Å². The highest BCUT2D eigenvalue weighted by Gasteiger charge is 2.32. The molecule has 0 spiro atoms. The van der Waals surface area contributed by atoms with Crippen LogP contribution in [0.1, 0.15) is 67.9 Å². The molecule has 2 atom stereocenters. The van der Waals surface area contributed by atoms with Gasteiger partial charge in [0.1, 0.15) is 11.6 Å². The molecule has 1 saturated carbocycles. The molecule has 1 saturated heterocycles. The van der Waals surface area contributed by atoms with Crippen molar-refractivity contribution >= 4 is 0 Å². The van der Waals surface area contributed by atoms with E-state index in [-0.39, 0.29) is 6.04 Å². The van der Waals surface area contributed by atoms with Gasteiger partial charge in [0.05, 0.1) is 6.04 Å². The summed E-state index contributed by atoms with van der Waals surface area (Å²) in [4.78, 5) is 11.5. The molecular weight excluding hydrogens is 304 g/mol. The Morgan fingerprint density at radius 3 is 2.75 bits per heavy atom. The molecule has 0 amide bonds. The molecule has 7 heteroatoms. The number of nitrogens with zero attached hydrogens (tertiary/aromatic N) is 6. The molecule has 2 aromatic rings. The van der Waals surface area contributed by atoms with E-state index < -0.39 is 0 Å². The summed E-state index contributed by atoms with van der Waals surface area (Å²) < 4.78 is 7.57. The average molecular weight is 330 g/mol. The Morgan fingerprint density at radius 1 is 1.21 bits per heavy atom. The molecular formula is C17H26N6O. The first kappa shape index (κ1) is 15.7. The van der Waals surface area contributed by atoms with Gasteiger partial charge in [-0.3, -0.25) is 4.90 Å². The zero-order valence-electron chi connectivity index (χ0n) is 14.8. The predicted molar refractivity (Wildman–Crippen MR) is 88.5 cm³/mol. The van der Waals surface area contributed by atoms with Crippen LogP contribution in [0.5, 0.6) is 0 Å². The topological polar surface area (TPSA) is 72.9 Å². The molecule has 3 heterocycles. The molecule has 4 rings (SSSR count). The molecule has 0 N–H and O–H groups in total. The lowest BCUT2D eigenvalue weighted by Gasteiger charge is -2.35. The molecule has 0 radical (unpaired) electrons. The quantitative estimate of drug-likeness (QED) is 0.839. The second-order valence-corrected chi connectivity index (χ2v) is 7.33. The van der Waals surface area contributed by atoms with Crippen LogP contribution in [-0.4, -0.2) is 42.9 Å². The van der Waals surface area contributed by atoms with Crippen LogP contribution in [0, 0.1) is 19.8 Å². The van der Waals surface area contributed by atoms with Crippen LogP contribution in [0.25, 0.3) is 0 Å². The Morgan fingerprint density at radius 2 is 2.04 bits per heavy atom. The number of piperidine rings is 1. The van der Waals surface area contributed by atoms with E-state index >= 15 is 0 Å². The predicted octanol–water partition coefficient (Wildman–Crippen LogP) is 2.63. The summed E-state index contributed by atoms with van der Waals surface area (Å²) >= 11 is 0. The van der Waals surface area contributed by atoms with E-state index in [1.165, 1.54) is 25.7 Å². The number of likely N-dealkylation sites (tertiary alicyclic amines) is 1. The smallest absolute Gasteiger partial charge is 0.243 e. The van der Waals surface area contributed by atoms with Crippen molar-refractivity contribution in [3.8, 4) is 0 Å². The maximum Gasteiger partial charge on any atom is 0.243 e. The van der Waals surface area contributed by atoms with E-state index in [1.807, 2.05) is 18.5 Å². The van der Waals surface area contributed by atoms with Crippen molar-refractivity contribution in [1.29, 1.82) is 0 Å². The molecule has 24 heavy (non-hydrogen) atoms. The van der Waals surface area contributed by atoms with Gasteiger partial charge in [0.15, 0.2) is 5.82 Å². The lowest BCUT2D eigenvalue weighted by Crippen LogP contribution is -2.39. The van der Waals surface area contributed by atoms with Crippen LogP contribution in [0.15, 0.2) is 4.52 Å². The third-order valence-electron chi connectivity index (χ3n) is 5.25. The van der Waals surface area contributed by atoms with E-state index in [2.05, 4.69) is 32.0 Å². The van der Waals surface area contributed by atoms with Crippen molar-refractivity contribution in [2.75, 3.05) is 13.1 Å². The Hall–Kier alpha value is -1.76. The minimum Gasteiger partial charge on any atom is -0.338 e. The summed E-state index contributed by atoms with van der Waals surface area (Å²) in [6.07, 6.45) is 4.84. The summed E-state index contributed by atoms with van der Waals surface area (Å²) in [7, 11) is 0. The number of hydrogen-bond donors (Lipinski definition) is 0. The van der Waals surface area contributed by atoms with Crippen molar-refractivity contribution in [2.24, 2.45) is 5.92 Å². The standard InChI is InChI=1S/C17H26N6O/c1-11(17-19-16(21-24-17)15-6-7-15)22-8-4-5-14(9-22)10-23-13(3)18-12(2)20-23/h11,14-15H,4-10H2,1-3H3/t11-,14-/m1/s1. The number of hydrogen-bond acceptors (Lipinski definition) is 6. The highest BCUT2D eigenvalue weighted by Crippen LogP contribution is 2.39. The summed E-state index contributed by atoms with van der Waals surface area (Å²) in [5.74, 6) is 4.66. The summed E-state index contributed by atoms with van der Waals surface area (Å²) in [6, 6.07) is 0.186. The zero-order chi connectivity index (χ0) is 16.7. The molecule has 7 nitrogen and oxygen atoms in total. The first-order chi connectivity index (χ1) is 11.6. The van der Waals surface area contributed by atoms with Gasteiger partial charge in [0.2, 0.25) is 5.89 Å². The lowest BCUT2D eigenvalue weighted by atomic mass is 9.97. The van der Waals surface area contributed by atoms with Crippen LogP contribution in [0.3, 0.4) is 0 Å². The molecule has 2 aromatic heterocycles. The Kier molecular flexibility index (Phi) is 4.12. The number of aromatic nitrogens is 5. The molecule has 2 fully saturated rings. The van der Waals surface area contributed by atoms with Crippen LogP contribution in [-0.2, 0) is 6.54 Å². The highest BCUT2D eigenvalue weighted by atomic mass is 16.5. The Balaban J connectivity index is 1.40. The minimum atomic E-state index is 0.186. The SMILES string of the molecule is Cc1nc(C)n(C[C@@H]2CCCN([C@H](C)c3nc(C4CC4)no3)C2)n1. The maximum atomic E-state index is 5.53. The van der Waals surface area contributed by atoms with E-state index in [4.69, 9.17) is 4.52 Å². The normalized spacial score (nSPS) is 23.5. The van der Waals surface area contributed by atoms with Crippen LogP contribution >= 0.6 is 0 Å². The first-order valence-electron chi connectivity index (χ1n) is 9.05. The fourth-order valence-corrected chi connectivity index (χ4v) is 3.66. The average Bonchev–Trinajstić information content (AvgIpc) is 3.22. The van der Waals surface area contributed by atoms with E-state index in [1.54, 1.807) is 0 Å². The minimum absolute atomic E-state index is 0.186. The Labute approximate surface area is 142 Å². The molecule has 1 aliphatic heterocycles. The molecule has 0 unspecified atom stereocenters. The third-order valence-corrected chi connectivity index (χ3v) is 5.25. The van der Waals surface area contributed by atoms with Gasteiger partial charge in [-0.25, -0.2) is 9.67 Å². The van der Waals surface area contributed by atoms with Gasteiger partial charge >= 0.3 is 0 Å². The monoisotopic (exact) mass is 330 g/mol. The van der Waals surface area contributed by atoms with Crippen molar-refractivity contribution in [1.82, 2.24) is 29.8 Å². The Bertz CT molecular complexity index is 704. The molecule has 130 valence electrons. The van der Waals surface area contributed by atoms with Crippen LogP contribution < -0.4 is 0 Å². The largest absolute Gasteiger partial charge is 0.338 e. The van der Waals surface area contributed by atoms with Crippen molar-refractivity contribution in [2.45, 2.75) is 65.0 Å². The number of rotatable bonds is 5. The van der Waals surface area contributed by atoms with Gasteiger partial charge in [-0.15, -0.1) is 0 Å². The van der Waals surface area contributed by atoms with Crippen molar-refractivity contribution < 1.29 is 4.52 Å². The van der Waals surface area contributed by atoms with E-state index in [9.17, 15) is 0 Å². The van der Waals surface area contributed by atoms with Gasteiger partial charge in [-0.1, -0.05) is 5.16 Å². The molecule has 0 bridgehead atoms. The number of aryl methyl sites for hydroxylation is 2. The molecule has 0 aromatic carbocycles. The van der Waals surface area contributed by atoms with E-state index in [0.717, 1.165) is 43.0 Å². The summed E-state index contributed by atoms with van der Waals surface area (Å²) in [6.45, 7) is 9.23. The third kappa shape index (κ3) is 3.22. The maximum absolute atomic E-state index is 5.53. The fourth-order valence-electron chi connectivity index (χ4n) is 3.66. The first-order valence-corrected chi connectivity index (χ1v) is 9.05. The van der Waals surface area contributed by atoms with Gasteiger partial charge < -0.3 is 4.52 Å². The second kappa shape index (κ2) is 6.27. The fraction of sp³-hybridized carbons (Fsp3) is 0.765. The second-order valence-electron chi connectivity index (χ2n) is 7.33. The molecule has 1 aliphatic carbocycles. The summed E-state index contributed by atoms with van der Waals surface area (Å²) in [5.41, 5.74) is 0. The highest BCUT2D eigenvalue weighted by molar-refractivity contribution is 5.05. The van der Waals surface area contributed by atoms with Crippen molar-refractivity contribution in [3.05, 3.63) is 23.4 Å². The van der Waals surface area contributed by atoms with Crippen LogP contribution in [0.4, 0.5) is 0 Å². The zero-order valence-corrected chi connectivity index (χ0v) is 14.8. The van der Waals surface area contributed by atoms with Crippen molar-refractivity contribution in [3.63, 3.8) is 0 Å². The summed E-state index contributed by atoms with van der Waals surface area (Å²) in [5, 5.41) is 8.67.